The summed E-state index contributed by atoms with van der Waals surface area (Å²) in [5.74, 6) is -2.93. The summed E-state index contributed by atoms with van der Waals surface area (Å²) in [4.78, 5) is 23.3. The minimum absolute atomic E-state index is 0.0232. The molecule has 7 heteroatoms. The molecule has 0 aliphatic heterocycles. The van der Waals surface area contributed by atoms with Crippen molar-refractivity contribution in [2.75, 3.05) is 14.1 Å². The molecular formula is C18H23ClF2N2O2. The number of benzene rings is 1. The number of alkyl halides is 2. The summed E-state index contributed by atoms with van der Waals surface area (Å²) in [5, 5.41) is 3.58. The predicted octanol–water partition coefficient (Wildman–Crippen LogP) is 3.65. The zero-order valence-corrected chi connectivity index (χ0v) is 15.3. The molecule has 0 spiro atoms. The largest absolute Gasteiger partial charge is 0.384 e. The highest BCUT2D eigenvalue weighted by atomic mass is 35.5. The molecule has 1 aromatic carbocycles. The molecule has 1 fully saturated rings. The maximum atomic E-state index is 11.9. The van der Waals surface area contributed by atoms with Crippen molar-refractivity contribution in [2.45, 2.75) is 32.2 Å². The molecule has 1 saturated carbocycles. The monoisotopic (exact) mass is 372 g/mol. The van der Waals surface area contributed by atoms with Crippen molar-refractivity contribution >= 4 is 23.8 Å². The molecule has 0 bridgehead atoms. The van der Waals surface area contributed by atoms with E-state index in [1.54, 1.807) is 25.1 Å². The molecule has 1 aliphatic carbocycles. The van der Waals surface area contributed by atoms with Crippen LogP contribution in [-0.2, 0) is 16.1 Å². The molecule has 0 radical (unpaired) electrons. The van der Waals surface area contributed by atoms with Crippen LogP contribution in [0.5, 0.6) is 0 Å². The molecule has 0 unspecified atom stereocenters. The van der Waals surface area contributed by atoms with Crippen molar-refractivity contribution in [1.82, 2.24) is 10.2 Å². The summed E-state index contributed by atoms with van der Waals surface area (Å²) in [6.45, 7) is 2.40. The first-order valence-electron chi connectivity index (χ1n) is 7.89. The Hall–Kier alpha value is -1.95. The number of nitrogens with one attached hydrogen (secondary N) is 1. The van der Waals surface area contributed by atoms with Gasteiger partial charge in [-0.1, -0.05) is 29.8 Å². The second kappa shape index (κ2) is 9.51. The third-order valence-electron chi connectivity index (χ3n) is 3.78. The van der Waals surface area contributed by atoms with Gasteiger partial charge in [0.15, 0.2) is 0 Å². The highest BCUT2D eigenvalue weighted by Crippen LogP contribution is 2.40. The van der Waals surface area contributed by atoms with E-state index in [0.29, 0.717) is 23.6 Å². The minimum Gasteiger partial charge on any atom is -0.384 e. The van der Waals surface area contributed by atoms with Gasteiger partial charge in [-0.05, 0) is 24.6 Å². The van der Waals surface area contributed by atoms with E-state index in [1.165, 1.54) is 0 Å². The van der Waals surface area contributed by atoms with E-state index in [0.717, 1.165) is 5.56 Å². The first kappa shape index (κ1) is 21.1. The van der Waals surface area contributed by atoms with Crippen molar-refractivity contribution < 1.29 is 18.4 Å². The third kappa shape index (κ3) is 6.82. The molecule has 1 aromatic rings. The van der Waals surface area contributed by atoms with E-state index in [-0.39, 0.29) is 24.7 Å². The summed E-state index contributed by atoms with van der Waals surface area (Å²) >= 11 is 5.81. The van der Waals surface area contributed by atoms with E-state index in [2.05, 4.69) is 5.32 Å². The van der Waals surface area contributed by atoms with Crippen molar-refractivity contribution in [1.29, 1.82) is 0 Å². The number of amides is 1. The molecule has 0 heterocycles. The smallest absolute Gasteiger partial charge is 0.269 e. The lowest BCUT2D eigenvalue weighted by Gasteiger charge is -2.30. The molecule has 4 nitrogen and oxygen atoms in total. The molecule has 1 amide bonds. The number of allylic oxidation sites excluding steroid dienone is 1. The van der Waals surface area contributed by atoms with Crippen LogP contribution in [0.25, 0.3) is 0 Å². The normalized spacial score (nSPS) is 16.2. The maximum Gasteiger partial charge on any atom is 0.269 e. The van der Waals surface area contributed by atoms with E-state index in [9.17, 15) is 18.4 Å². The third-order valence-corrected chi connectivity index (χ3v) is 4.03. The Labute approximate surface area is 151 Å². The summed E-state index contributed by atoms with van der Waals surface area (Å²) in [6, 6.07) is 7.48. The van der Waals surface area contributed by atoms with Gasteiger partial charge in [0, 0.05) is 44.4 Å². The van der Waals surface area contributed by atoms with Crippen LogP contribution in [0.4, 0.5) is 8.78 Å². The van der Waals surface area contributed by atoms with Gasteiger partial charge in [0.1, 0.15) is 6.29 Å². The molecule has 1 N–H and O–H groups in total. The number of likely N-dealkylation sites (N-methyl/N-ethyl adjacent to an activating group) is 2. The fourth-order valence-corrected chi connectivity index (χ4v) is 2.45. The lowest BCUT2D eigenvalue weighted by Crippen LogP contribution is -2.35. The average molecular weight is 373 g/mol. The van der Waals surface area contributed by atoms with E-state index in [1.807, 2.05) is 31.2 Å². The summed E-state index contributed by atoms with van der Waals surface area (Å²) in [5.41, 5.74) is 1.65. The number of carbonyl (C=O) groups excluding carboxylic acids is 2. The van der Waals surface area contributed by atoms with Crippen molar-refractivity contribution in [2.24, 2.45) is 5.92 Å². The molecule has 0 aromatic heterocycles. The van der Waals surface area contributed by atoms with E-state index < -0.39 is 5.92 Å². The van der Waals surface area contributed by atoms with Gasteiger partial charge in [0.05, 0.1) is 5.70 Å². The van der Waals surface area contributed by atoms with Crippen molar-refractivity contribution in [3.63, 3.8) is 0 Å². The molecule has 138 valence electrons. The van der Waals surface area contributed by atoms with Crippen LogP contribution in [0.2, 0.25) is 5.02 Å². The fourth-order valence-electron chi connectivity index (χ4n) is 2.32. The Bertz CT molecular complexity index is 610. The number of hydrogen-bond donors (Lipinski definition) is 1. The quantitative estimate of drug-likeness (QED) is 0.634. The Morgan fingerprint density at radius 3 is 2.28 bits per heavy atom. The fraction of sp³-hybridized carbons (Fsp3) is 0.444. The lowest BCUT2D eigenvalue weighted by atomic mass is 9.83. The minimum atomic E-state index is -2.54. The highest BCUT2D eigenvalue weighted by Gasteiger charge is 2.44. The molecule has 2 rings (SSSR count). The Kier molecular flexibility index (Phi) is 8.03. The lowest BCUT2D eigenvalue weighted by molar-refractivity contribution is -0.137. The van der Waals surface area contributed by atoms with E-state index in [4.69, 9.17) is 11.6 Å². The van der Waals surface area contributed by atoms with Gasteiger partial charge in [-0.2, -0.15) is 0 Å². The first-order chi connectivity index (χ1) is 11.7. The van der Waals surface area contributed by atoms with Crippen LogP contribution in [0, 0.1) is 5.92 Å². The molecule has 25 heavy (non-hydrogen) atoms. The summed E-state index contributed by atoms with van der Waals surface area (Å²) in [6.07, 6.45) is 1.88. The van der Waals surface area contributed by atoms with Crippen LogP contribution < -0.4 is 5.32 Å². The summed E-state index contributed by atoms with van der Waals surface area (Å²) in [7, 11) is 3.52. The van der Waals surface area contributed by atoms with Gasteiger partial charge >= 0.3 is 0 Å². The Morgan fingerprint density at radius 1 is 1.36 bits per heavy atom. The Balaban J connectivity index is 0.000000324. The van der Waals surface area contributed by atoms with Gasteiger partial charge in [0.2, 0.25) is 5.92 Å². The molecular weight excluding hydrogens is 350 g/mol. The maximum absolute atomic E-state index is 11.9. The van der Waals surface area contributed by atoms with Crippen LogP contribution >= 0.6 is 11.6 Å². The van der Waals surface area contributed by atoms with Crippen molar-refractivity contribution in [3.8, 4) is 0 Å². The van der Waals surface area contributed by atoms with Crippen LogP contribution in [0.3, 0.4) is 0 Å². The number of hydrogen-bond acceptors (Lipinski definition) is 3. The zero-order chi connectivity index (χ0) is 19.0. The predicted molar refractivity (Wildman–Crippen MR) is 94.5 cm³/mol. The van der Waals surface area contributed by atoms with Crippen molar-refractivity contribution in [3.05, 3.63) is 46.6 Å². The van der Waals surface area contributed by atoms with Gasteiger partial charge in [0.25, 0.3) is 5.91 Å². The van der Waals surface area contributed by atoms with Gasteiger partial charge in [-0.15, -0.1) is 0 Å². The first-order valence-corrected chi connectivity index (χ1v) is 8.27. The van der Waals surface area contributed by atoms with Crippen LogP contribution in [0.1, 0.15) is 25.3 Å². The second-order valence-electron chi connectivity index (χ2n) is 5.90. The van der Waals surface area contributed by atoms with Gasteiger partial charge in [-0.25, -0.2) is 8.78 Å². The van der Waals surface area contributed by atoms with Crippen LogP contribution in [0.15, 0.2) is 36.0 Å². The standard InChI is InChI=1S/C13H17ClN2O.C5H6F2O/c1-4-12(15-2)13(17)16(3)9-10-5-7-11(14)8-6-10;6-5(7)1-4(2-5)3-8/h4-8,15H,9H2,1-3H3;3-4H,1-2H2/b12-4+;. The average Bonchev–Trinajstić information content (AvgIpc) is 2.56. The number of carbonyl (C=O) groups is 2. The highest BCUT2D eigenvalue weighted by molar-refractivity contribution is 6.30. The number of aldehydes is 1. The zero-order valence-electron chi connectivity index (χ0n) is 14.6. The number of nitrogens with zero attached hydrogens (tertiary/aromatic N) is 1. The Morgan fingerprint density at radius 2 is 1.92 bits per heavy atom. The van der Waals surface area contributed by atoms with Gasteiger partial charge in [-0.3, -0.25) is 4.79 Å². The molecule has 0 saturated heterocycles. The second-order valence-corrected chi connectivity index (χ2v) is 6.34. The van der Waals surface area contributed by atoms with Crippen LogP contribution in [-0.4, -0.2) is 37.1 Å². The summed E-state index contributed by atoms with van der Waals surface area (Å²) < 4.78 is 23.6. The topological polar surface area (TPSA) is 49.4 Å². The van der Waals surface area contributed by atoms with Gasteiger partial charge < -0.3 is 15.0 Å². The number of rotatable bonds is 5. The number of halogens is 3. The SMILES string of the molecule is C/C=C(/NC)C(=O)N(C)Cc1ccc(Cl)cc1.O=CC1CC(F)(F)C1. The molecule has 1 aliphatic rings. The van der Waals surface area contributed by atoms with E-state index >= 15 is 0 Å². The molecule has 0 atom stereocenters.